The Morgan fingerprint density at radius 1 is 1.05 bits per heavy atom. The first-order valence-corrected chi connectivity index (χ1v) is 7.82. The van der Waals surface area contributed by atoms with E-state index in [1.165, 1.54) is 0 Å². The number of carboxylic acids is 1. The lowest BCUT2D eigenvalue weighted by Gasteiger charge is -2.26. The van der Waals surface area contributed by atoms with E-state index in [1.54, 1.807) is 0 Å². The van der Waals surface area contributed by atoms with Crippen LogP contribution < -0.4 is 5.32 Å². The van der Waals surface area contributed by atoms with Crippen molar-refractivity contribution in [3.8, 4) is 0 Å². The standard InChI is InChI=1S/C15H30N2O3/c1-4-7-10-17(11-8-5-2)15(20)16-13(9-6-3)12-14(18)19/h13H,4-12H2,1-3H3,(H,16,20)(H,18,19). The molecule has 0 fully saturated rings. The van der Waals surface area contributed by atoms with E-state index in [0.717, 1.165) is 45.2 Å². The number of carbonyl (C=O) groups is 2. The molecular formula is C15H30N2O3. The highest BCUT2D eigenvalue weighted by Gasteiger charge is 2.19. The smallest absolute Gasteiger partial charge is 0.317 e. The molecule has 0 aliphatic rings. The van der Waals surface area contributed by atoms with Crippen molar-refractivity contribution in [2.45, 2.75) is 71.8 Å². The zero-order chi connectivity index (χ0) is 15.4. The van der Waals surface area contributed by atoms with Crippen molar-refractivity contribution in [1.82, 2.24) is 10.2 Å². The van der Waals surface area contributed by atoms with Crippen LogP contribution in [0.3, 0.4) is 0 Å². The van der Waals surface area contributed by atoms with Crippen molar-refractivity contribution >= 4 is 12.0 Å². The van der Waals surface area contributed by atoms with Gasteiger partial charge in [-0.2, -0.15) is 0 Å². The number of rotatable bonds is 11. The average molecular weight is 286 g/mol. The molecule has 5 heteroatoms. The van der Waals surface area contributed by atoms with Gasteiger partial charge in [0.25, 0.3) is 0 Å². The Kier molecular flexibility index (Phi) is 10.8. The highest BCUT2D eigenvalue weighted by atomic mass is 16.4. The summed E-state index contributed by atoms with van der Waals surface area (Å²) in [4.78, 5) is 24.9. The van der Waals surface area contributed by atoms with Crippen LogP contribution in [0.5, 0.6) is 0 Å². The summed E-state index contributed by atoms with van der Waals surface area (Å²) < 4.78 is 0. The van der Waals surface area contributed by atoms with Crippen LogP contribution in [0, 0.1) is 0 Å². The van der Waals surface area contributed by atoms with Crippen molar-refractivity contribution in [2.24, 2.45) is 0 Å². The maximum Gasteiger partial charge on any atom is 0.317 e. The Morgan fingerprint density at radius 2 is 1.60 bits per heavy atom. The molecule has 0 aromatic carbocycles. The third kappa shape index (κ3) is 8.77. The zero-order valence-corrected chi connectivity index (χ0v) is 13.2. The molecule has 0 saturated heterocycles. The Hall–Kier alpha value is -1.26. The van der Waals surface area contributed by atoms with Gasteiger partial charge < -0.3 is 15.3 Å². The molecule has 2 N–H and O–H groups in total. The Labute approximate surface area is 122 Å². The van der Waals surface area contributed by atoms with E-state index in [2.05, 4.69) is 19.2 Å². The number of unbranched alkanes of at least 4 members (excludes halogenated alkanes) is 2. The first-order valence-electron chi connectivity index (χ1n) is 7.82. The van der Waals surface area contributed by atoms with Crippen LogP contribution >= 0.6 is 0 Å². The van der Waals surface area contributed by atoms with Crippen LogP contribution in [0.15, 0.2) is 0 Å². The summed E-state index contributed by atoms with van der Waals surface area (Å²) in [5.74, 6) is -0.864. The summed E-state index contributed by atoms with van der Waals surface area (Å²) >= 11 is 0. The second-order valence-corrected chi connectivity index (χ2v) is 5.23. The van der Waals surface area contributed by atoms with Gasteiger partial charge in [-0.3, -0.25) is 4.79 Å². The molecular weight excluding hydrogens is 256 g/mol. The van der Waals surface area contributed by atoms with Crippen molar-refractivity contribution in [3.63, 3.8) is 0 Å². The topological polar surface area (TPSA) is 69.6 Å². The van der Waals surface area contributed by atoms with E-state index < -0.39 is 5.97 Å². The maximum absolute atomic E-state index is 12.2. The Balaban J connectivity index is 4.46. The van der Waals surface area contributed by atoms with Gasteiger partial charge in [0.1, 0.15) is 0 Å². The predicted molar refractivity (Wildman–Crippen MR) is 80.9 cm³/mol. The number of hydrogen-bond donors (Lipinski definition) is 2. The highest BCUT2D eigenvalue weighted by molar-refractivity contribution is 5.75. The minimum atomic E-state index is -0.864. The van der Waals surface area contributed by atoms with Gasteiger partial charge in [-0.15, -0.1) is 0 Å². The second kappa shape index (κ2) is 11.6. The maximum atomic E-state index is 12.2. The molecule has 118 valence electrons. The fraction of sp³-hybridized carbons (Fsp3) is 0.867. The van der Waals surface area contributed by atoms with Crippen LogP contribution in [0.25, 0.3) is 0 Å². The molecule has 0 radical (unpaired) electrons. The first-order chi connectivity index (χ1) is 9.54. The number of urea groups is 1. The lowest BCUT2D eigenvalue weighted by molar-refractivity contribution is -0.137. The molecule has 0 rings (SSSR count). The molecule has 0 aromatic heterocycles. The molecule has 0 saturated carbocycles. The minimum absolute atomic E-state index is 0.00498. The average Bonchev–Trinajstić information content (AvgIpc) is 2.38. The molecule has 0 spiro atoms. The minimum Gasteiger partial charge on any atom is -0.481 e. The number of carbonyl (C=O) groups excluding carboxylic acids is 1. The number of carboxylic acid groups (broad SMARTS) is 1. The van der Waals surface area contributed by atoms with E-state index >= 15 is 0 Å². The summed E-state index contributed by atoms with van der Waals surface area (Å²) in [6.07, 6.45) is 5.61. The Bertz CT molecular complexity index is 274. The van der Waals surface area contributed by atoms with Crippen LogP contribution in [0.1, 0.15) is 65.7 Å². The van der Waals surface area contributed by atoms with Crippen molar-refractivity contribution in [1.29, 1.82) is 0 Å². The second-order valence-electron chi connectivity index (χ2n) is 5.23. The number of aliphatic carboxylic acids is 1. The molecule has 0 bridgehead atoms. The lowest BCUT2D eigenvalue weighted by Crippen LogP contribution is -2.46. The molecule has 0 aliphatic heterocycles. The third-order valence-corrected chi connectivity index (χ3v) is 3.24. The fourth-order valence-corrected chi connectivity index (χ4v) is 2.06. The van der Waals surface area contributed by atoms with Gasteiger partial charge in [-0.1, -0.05) is 40.0 Å². The summed E-state index contributed by atoms with van der Waals surface area (Å²) in [6, 6.07) is -0.387. The van der Waals surface area contributed by atoms with Crippen LogP contribution in [0.2, 0.25) is 0 Å². The fourth-order valence-electron chi connectivity index (χ4n) is 2.06. The molecule has 0 aromatic rings. The number of hydrogen-bond acceptors (Lipinski definition) is 2. The summed E-state index contributed by atoms with van der Waals surface area (Å²) in [7, 11) is 0. The van der Waals surface area contributed by atoms with Gasteiger partial charge in [-0.05, 0) is 19.3 Å². The van der Waals surface area contributed by atoms with E-state index in [-0.39, 0.29) is 18.5 Å². The van der Waals surface area contributed by atoms with E-state index in [4.69, 9.17) is 5.11 Å². The summed E-state index contributed by atoms with van der Waals surface area (Å²) in [6.45, 7) is 7.68. The molecule has 20 heavy (non-hydrogen) atoms. The molecule has 2 amide bonds. The normalized spacial score (nSPS) is 11.9. The van der Waals surface area contributed by atoms with Gasteiger partial charge in [0.2, 0.25) is 0 Å². The van der Waals surface area contributed by atoms with E-state index in [1.807, 2.05) is 11.8 Å². The third-order valence-electron chi connectivity index (χ3n) is 3.24. The first kappa shape index (κ1) is 18.7. The van der Waals surface area contributed by atoms with Crippen molar-refractivity contribution < 1.29 is 14.7 Å². The van der Waals surface area contributed by atoms with Gasteiger partial charge >= 0.3 is 12.0 Å². The SMILES string of the molecule is CCCCN(CCCC)C(=O)NC(CCC)CC(=O)O. The van der Waals surface area contributed by atoms with Gasteiger partial charge in [0, 0.05) is 19.1 Å². The number of nitrogens with zero attached hydrogens (tertiary/aromatic N) is 1. The van der Waals surface area contributed by atoms with E-state index in [9.17, 15) is 9.59 Å². The number of amides is 2. The monoisotopic (exact) mass is 286 g/mol. The van der Waals surface area contributed by atoms with Gasteiger partial charge in [0.15, 0.2) is 0 Å². The lowest BCUT2D eigenvalue weighted by atomic mass is 10.1. The summed E-state index contributed by atoms with van der Waals surface area (Å²) in [5, 5.41) is 11.8. The van der Waals surface area contributed by atoms with Crippen LogP contribution in [0.4, 0.5) is 4.79 Å². The Morgan fingerprint density at radius 3 is 2.00 bits per heavy atom. The molecule has 1 atom stereocenters. The van der Waals surface area contributed by atoms with Gasteiger partial charge in [0.05, 0.1) is 6.42 Å². The van der Waals surface area contributed by atoms with E-state index in [0.29, 0.717) is 6.42 Å². The van der Waals surface area contributed by atoms with Crippen LogP contribution in [-0.4, -0.2) is 41.1 Å². The number of nitrogens with one attached hydrogen (secondary N) is 1. The quantitative estimate of drug-likeness (QED) is 0.612. The summed E-state index contributed by atoms with van der Waals surface area (Å²) in [5.41, 5.74) is 0. The molecule has 1 unspecified atom stereocenters. The largest absolute Gasteiger partial charge is 0.481 e. The molecule has 0 heterocycles. The van der Waals surface area contributed by atoms with Gasteiger partial charge in [-0.25, -0.2) is 4.79 Å². The highest BCUT2D eigenvalue weighted by Crippen LogP contribution is 2.05. The van der Waals surface area contributed by atoms with Crippen molar-refractivity contribution in [2.75, 3.05) is 13.1 Å². The molecule has 5 nitrogen and oxygen atoms in total. The van der Waals surface area contributed by atoms with Crippen LogP contribution in [-0.2, 0) is 4.79 Å². The molecule has 0 aliphatic carbocycles. The van der Waals surface area contributed by atoms with Crippen molar-refractivity contribution in [3.05, 3.63) is 0 Å². The zero-order valence-electron chi connectivity index (χ0n) is 13.2. The predicted octanol–water partition coefficient (Wildman–Crippen LogP) is 3.24.